The second-order valence-corrected chi connectivity index (χ2v) is 9.11. The number of aryl methyl sites for hydroxylation is 2. The van der Waals surface area contributed by atoms with Crippen molar-refractivity contribution >= 4 is 0 Å². The van der Waals surface area contributed by atoms with Crippen molar-refractivity contribution in [2.75, 3.05) is 0 Å². The summed E-state index contributed by atoms with van der Waals surface area (Å²) in [5, 5.41) is 0. The Morgan fingerprint density at radius 3 is 1.33 bits per heavy atom. The summed E-state index contributed by atoms with van der Waals surface area (Å²) in [4.78, 5) is 0. The molecular weight excluding hydrogens is 360 g/mol. The molecule has 30 heavy (non-hydrogen) atoms. The Kier molecular flexibility index (Phi) is 3.65. The highest BCUT2D eigenvalue weighted by atomic mass is 14.3. The van der Waals surface area contributed by atoms with Gasteiger partial charge < -0.3 is 0 Å². The first-order chi connectivity index (χ1) is 14.5. The van der Waals surface area contributed by atoms with Gasteiger partial charge in [-0.3, -0.25) is 0 Å². The molecule has 0 atom stereocenters. The minimum Gasteiger partial charge on any atom is -0.0619 e. The van der Waals surface area contributed by atoms with Crippen molar-refractivity contribution in [2.45, 2.75) is 40.5 Å². The van der Waals surface area contributed by atoms with Gasteiger partial charge in [-0.2, -0.15) is 0 Å². The Labute approximate surface area is 179 Å². The highest BCUT2D eigenvalue weighted by Crippen LogP contribution is 2.50. The summed E-state index contributed by atoms with van der Waals surface area (Å²) < 4.78 is 0. The third-order valence-electron chi connectivity index (χ3n) is 7.51. The van der Waals surface area contributed by atoms with E-state index >= 15 is 0 Å². The van der Waals surface area contributed by atoms with E-state index in [1.54, 1.807) is 0 Å². The van der Waals surface area contributed by atoms with E-state index in [1.165, 1.54) is 77.9 Å². The molecule has 2 aliphatic carbocycles. The van der Waals surface area contributed by atoms with E-state index in [1.807, 2.05) is 0 Å². The van der Waals surface area contributed by atoms with Crippen molar-refractivity contribution in [2.24, 2.45) is 0 Å². The quantitative estimate of drug-likeness (QED) is 0.271. The zero-order valence-electron chi connectivity index (χ0n) is 18.2. The normalized spacial score (nSPS) is 13.1. The van der Waals surface area contributed by atoms with E-state index in [-0.39, 0.29) is 0 Å². The zero-order valence-corrected chi connectivity index (χ0v) is 18.2. The molecule has 0 radical (unpaired) electrons. The fourth-order valence-corrected chi connectivity index (χ4v) is 5.72. The maximum absolute atomic E-state index is 2.42. The predicted molar refractivity (Wildman–Crippen MR) is 127 cm³/mol. The van der Waals surface area contributed by atoms with Gasteiger partial charge in [0.05, 0.1) is 0 Å². The van der Waals surface area contributed by atoms with Crippen LogP contribution in [0.1, 0.15) is 44.5 Å². The van der Waals surface area contributed by atoms with Crippen LogP contribution in [0.25, 0.3) is 33.4 Å². The maximum Gasteiger partial charge on any atom is -0.000718 e. The van der Waals surface area contributed by atoms with Crippen molar-refractivity contribution in [3.8, 4) is 33.4 Å². The van der Waals surface area contributed by atoms with Crippen LogP contribution in [-0.4, -0.2) is 0 Å². The lowest BCUT2D eigenvalue weighted by molar-refractivity contribution is 1.19. The lowest BCUT2D eigenvalue weighted by atomic mass is 9.82. The van der Waals surface area contributed by atoms with Crippen LogP contribution in [0, 0.1) is 27.7 Å². The molecule has 0 heterocycles. The topological polar surface area (TPSA) is 0 Å². The third-order valence-corrected chi connectivity index (χ3v) is 7.51. The minimum atomic E-state index is 1.04. The summed E-state index contributed by atoms with van der Waals surface area (Å²) in [7, 11) is 0. The van der Waals surface area contributed by atoms with Crippen molar-refractivity contribution in [3.63, 3.8) is 0 Å². The van der Waals surface area contributed by atoms with Crippen LogP contribution in [0.5, 0.6) is 0 Å². The molecule has 0 aliphatic heterocycles. The first-order valence-electron chi connectivity index (χ1n) is 11.0. The number of benzene rings is 4. The molecule has 6 rings (SSSR count). The lowest BCUT2D eigenvalue weighted by Crippen LogP contribution is -2.02. The summed E-state index contributed by atoms with van der Waals surface area (Å²) >= 11 is 0. The van der Waals surface area contributed by atoms with Crippen LogP contribution >= 0.6 is 0 Å². The summed E-state index contributed by atoms with van der Waals surface area (Å²) in [6, 6.07) is 22.7. The summed E-state index contributed by atoms with van der Waals surface area (Å²) in [5.74, 6) is 0. The number of rotatable bonds is 1. The molecule has 0 spiro atoms. The molecule has 2 aliphatic rings. The fraction of sp³-hybridized carbons (Fsp3) is 0.200. The van der Waals surface area contributed by atoms with Gasteiger partial charge in [-0.1, -0.05) is 60.7 Å². The molecule has 0 amide bonds. The van der Waals surface area contributed by atoms with Gasteiger partial charge >= 0.3 is 0 Å². The summed E-state index contributed by atoms with van der Waals surface area (Å²) in [5.41, 5.74) is 20.3. The van der Waals surface area contributed by atoms with Gasteiger partial charge in [0.1, 0.15) is 0 Å². The molecule has 0 aromatic heterocycles. The Morgan fingerprint density at radius 2 is 0.900 bits per heavy atom. The van der Waals surface area contributed by atoms with Crippen molar-refractivity contribution in [1.82, 2.24) is 0 Å². The van der Waals surface area contributed by atoms with Gasteiger partial charge in [0.25, 0.3) is 0 Å². The van der Waals surface area contributed by atoms with E-state index in [0.29, 0.717) is 0 Å². The van der Waals surface area contributed by atoms with E-state index in [4.69, 9.17) is 0 Å². The van der Waals surface area contributed by atoms with Crippen LogP contribution in [0.4, 0.5) is 0 Å². The van der Waals surface area contributed by atoms with Gasteiger partial charge in [-0.25, -0.2) is 0 Å². The second kappa shape index (κ2) is 6.19. The SMILES string of the molecule is Cc1cc2c(c(-c3c(C)c(C)cc4c3Cc3ccccc3-4)c1C)Cc1ccccc1-2. The third kappa shape index (κ3) is 2.28. The van der Waals surface area contributed by atoms with Crippen LogP contribution in [-0.2, 0) is 12.8 Å². The van der Waals surface area contributed by atoms with Crippen LogP contribution in [0.3, 0.4) is 0 Å². The molecule has 4 aromatic carbocycles. The average Bonchev–Trinajstić information content (AvgIpc) is 3.29. The maximum atomic E-state index is 2.42. The standard InChI is InChI=1S/C30H26/c1-17-13-25-23-11-7-5-9-21(23)15-27(25)29(19(17)3)30-20(4)18(2)14-26-24-12-8-6-10-22(24)16-28(26)30/h5-14H,15-16H2,1-4H3. The van der Waals surface area contributed by atoms with Gasteiger partial charge in [-0.05, 0) is 118 Å². The van der Waals surface area contributed by atoms with E-state index in [2.05, 4.69) is 88.4 Å². The number of hydrogen-bond donors (Lipinski definition) is 0. The van der Waals surface area contributed by atoms with Gasteiger partial charge in [0.15, 0.2) is 0 Å². The molecule has 0 unspecified atom stereocenters. The smallest absolute Gasteiger partial charge is 0.000718 e. The zero-order chi connectivity index (χ0) is 20.6. The van der Waals surface area contributed by atoms with Crippen LogP contribution in [0.15, 0.2) is 60.7 Å². The Bertz CT molecular complexity index is 1260. The van der Waals surface area contributed by atoms with Crippen molar-refractivity contribution < 1.29 is 0 Å². The van der Waals surface area contributed by atoms with E-state index < -0.39 is 0 Å². The highest BCUT2D eigenvalue weighted by molar-refractivity contribution is 5.93. The van der Waals surface area contributed by atoms with Crippen LogP contribution < -0.4 is 0 Å². The Morgan fingerprint density at radius 1 is 0.500 bits per heavy atom. The molecule has 4 aromatic rings. The highest BCUT2D eigenvalue weighted by Gasteiger charge is 2.29. The molecule has 0 saturated heterocycles. The molecule has 146 valence electrons. The second-order valence-electron chi connectivity index (χ2n) is 9.11. The largest absolute Gasteiger partial charge is 0.0619 e. The number of hydrogen-bond acceptors (Lipinski definition) is 0. The van der Waals surface area contributed by atoms with E-state index in [0.717, 1.165) is 12.8 Å². The van der Waals surface area contributed by atoms with E-state index in [9.17, 15) is 0 Å². The predicted octanol–water partition coefficient (Wildman–Crippen LogP) is 7.73. The molecular formula is C30H26. The average molecular weight is 387 g/mol. The molecule has 0 nitrogen and oxygen atoms in total. The minimum absolute atomic E-state index is 1.04. The summed E-state index contributed by atoms with van der Waals surface area (Å²) in [6.07, 6.45) is 2.08. The van der Waals surface area contributed by atoms with Gasteiger partial charge in [-0.15, -0.1) is 0 Å². The molecule has 0 saturated carbocycles. The molecule has 0 fully saturated rings. The monoisotopic (exact) mass is 386 g/mol. The van der Waals surface area contributed by atoms with Gasteiger partial charge in [0, 0.05) is 0 Å². The Balaban J connectivity index is 1.70. The first kappa shape index (κ1) is 17.7. The van der Waals surface area contributed by atoms with Crippen molar-refractivity contribution in [1.29, 1.82) is 0 Å². The molecule has 0 N–H and O–H groups in total. The summed E-state index contributed by atoms with van der Waals surface area (Å²) in [6.45, 7) is 9.20. The first-order valence-corrected chi connectivity index (χ1v) is 11.0. The number of fused-ring (bicyclic) bond motifs is 6. The van der Waals surface area contributed by atoms with Gasteiger partial charge in [0.2, 0.25) is 0 Å². The molecule has 0 bridgehead atoms. The van der Waals surface area contributed by atoms with Crippen LogP contribution in [0.2, 0.25) is 0 Å². The fourth-order valence-electron chi connectivity index (χ4n) is 5.72. The van der Waals surface area contributed by atoms with Crippen molar-refractivity contribution in [3.05, 3.63) is 105 Å². The Hall–Kier alpha value is -3.12. The lowest BCUT2D eigenvalue weighted by Gasteiger charge is -2.22. The molecule has 0 heteroatoms.